The van der Waals surface area contributed by atoms with Crippen LogP contribution in [0, 0.1) is 12.8 Å². The van der Waals surface area contributed by atoms with Gasteiger partial charge in [0.1, 0.15) is 5.75 Å². The van der Waals surface area contributed by atoms with Gasteiger partial charge in [0.15, 0.2) is 0 Å². The van der Waals surface area contributed by atoms with Crippen LogP contribution in [0.1, 0.15) is 18.4 Å². The Labute approximate surface area is 186 Å². The molecule has 0 bridgehead atoms. The molecule has 30 heavy (non-hydrogen) atoms. The van der Waals surface area contributed by atoms with Crippen molar-refractivity contribution in [3.05, 3.63) is 52.0 Å². The van der Waals surface area contributed by atoms with Crippen LogP contribution >= 0.6 is 23.2 Å². The molecule has 2 aromatic rings. The molecule has 2 aromatic carbocycles. The molecule has 1 fully saturated rings. The van der Waals surface area contributed by atoms with Crippen molar-refractivity contribution in [2.75, 3.05) is 37.4 Å². The van der Waals surface area contributed by atoms with Gasteiger partial charge < -0.3 is 15.4 Å². The van der Waals surface area contributed by atoms with Gasteiger partial charge in [-0.3, -0.25) is 14.5 Å². The minimum atomic E-state index is -0.120. The lowest BCUT2D eigenvalue weighted by molar-refractivity contribution is -0.121. The van der Waals surface area contributed by atoms with E-state index in [1.54, 1.807) is 25.3 Å². The van der Waals surface area contributed by atoms with Gasteiger partial charge in [-0.1, -0.05) is 23.2 Å². The standard InChI is InChI=1S/C22H25Cl2N3O3/c1-14-11-16(4-6-20(14)30-2)26-22(29)15-7-9-27(10-8-15)13-21(28)25-17-3-5-18(23)19(24)12-17/h3-6,11-12,15H,7-10,13H2,1-2H3,(H,25,28)(H,26,29). The minimum absolute atomic E-state index is 0.0134. The summed E-state index contributed by atoms with van der Waals surface area (Å²) in [6, 6.07) is 10.6. The highest BCUT2D eigenvalue weighted by molar-refractivity contribution is 6.42. The van der Waals surface area contributed by atoms with E-state index in [1.165, 1.54) is 0 Å². The molecule has 0 radical (unpaired) electrons. The average Bonchev–Trinajstić information content (AvgIpc) is 2.71. The van der Waals surface area contributed by atoms with Crippen molar-refractivity contribution in [2.24, 2.45) is 5.92 Å². The van der Waals surface area contributed by atoms with Crippen molar-refractivity contribution in [1.82, 2.24) is 4.90 Å². The lowest BCUT2D eigenvalue weighted by atomic mass is 9.95. The number of piperidine rings is 1. The number of halogens is 2. The number of nitrogens with zero attached hydrogens (tertiary/aromatic N) is 1. The van der Waals surface area contributed by atoms with Crippen LogP contribution in [0.3, 0.4) is 0 Å². The van der Waals surface area contributed by atoms with E-state index in [1.807, 2.05) is 30.0 Å². The summed E-state index contributed by atoms with van der Waals surface area (Å²) in [7, 11) is 1.62. The Bertz CT molecular complexity index is 928. The van der Waals surface area contributed by atoms with Crippen LogP contribution in [0.15, 0.2) is 36.4 Å². The van der Waals surface area contributed by atoms with Gasteiger partial charge in [0.05, 0.1) is 23.7 Å². The Morgan fingerprint density at radius 2 is 1.70 bits per heavy atom. The number of amides is 2. The van der Waals surface area contributed by atoms with Gasteiger partial charge in [0.2, 0.25) is 11.8 Å². The minimum Gasteiger partial charge on any atom is -0.496 e. The molecule has 0 spiro atoms. The first kappa shape index (κ1) is 22.4. The molecule has 8 heteroatoms. The molecule has 0 saturated carbocycles. The first-order chi connectivity index (χ1) is 14.4. The highest BCUT2D eigenvalue weighted by Crippen LogP contribution is 2.26. The van der Waals surface area contributed by atoms with E-state index in [4.69, 9.17) is 27.9 Å². The molecule has 1 aliphatic heterocycles. The number of anilines is 2. The third-order valence-corrected chi connectivity index (χ3v) is 5.93. The maximum atomic E-state index is 12.6. The second-order valence-corrected chi connectivity index (χ2v) is 8.22. The largest absolute Gasteiger partial charge is 0.496 e. The molecule has 0 unspecified atom stereocenters. The fourth-order valence-electron chi connectivity index (χ4n) is 3.53. The number of carbonyl (C=O) groups is 2. The van der Waals surface area contributed by atoms with Crippen LogP contribution in [0.4, 0.5) is 11.4 Å². The number of rotatable bonds is 6. The van der Waals surface area contributed by atoms with Gasteiger partial charge in [-0.25, -0.2) is 0 Å². The van der Waals surface area contributed by atoms with Crippen LogP contribution in [0.25, 0.3) is 0 Å². The van der Waals surface area contributed by atoms with Crippen LogP contribution in [0.2, 0.25) is 10.0 Å². The summed E-state index contributed by atoms with van der Waals surface area (Å²) in [5.41, 5.74) is 2.35. The quantitative estimate of drug-likeness (QED) is 0.675. The third kappa shape index (κ3) is 5.88. The molecule has 2 N–H and O–H groups in total. The highest BCUT2D eigenvalue weighted by atomic mass is 35.5. The number of carbonyl (C=O) groups excluding carboxylic acids is 2. The number of ether oxygens (including phenoxy) is 1. The molecular weight excluding hydrogens is 425 g/mol. The second kappa shape index (κ2) is 10.2. The number of likely N-dealkylation sites (tertiary alicyclic amines) is 1. The second-order valence-electron chi connectivity index (χ2n) is 7.40. The van der Waals surface area contributed by atoms with E-state index in [0.29, 0.717) is 41.7 Å². The zero-order chi connectivity index (χ0) is 21.7. The van der Waals surface area contributed by atoms with E-state index in [-0.39, 0.29) is 24.3 Å². The molecule has 0 aromatic heterocycles. The normalized spacial score (nSPS) is 14.9. The van der Waals surface area contributed by atoms with Crippen LogP contribution in [0.5, 0.6) is 5.75 Å². The van der Waals surface area contributed by atoms with Gasteiger partial charge in [0.25, 0.3) is 0 Å². The number of aryl methyl sites for hydroxylation is 1. The van der Waals surface area contributed by atoms with E-state index in [0.717, 1.165) is 17.0 Å². The average molecular weight is 450 g/mol. The molecule has 6 nitrogen and oxygen atoms in total. The van der Waals surface area contributed by atoms with Gasteiger partial charge in [-0.05, 0) is 74.8 Å². The summed E-state index contributed by atoms with van der Waals surface area (Å²) >= 11 is 11.9. The van der Waals surface area contributed by atoms with Gasteiger partial charge in [-0.2, -0.15) is 0 Å². The number of hydrogen-bond acceptors (Lipinski definition) is 4. The Morgan fingerprint density at radius 3 is 2.33 bits per heavy atom. The first-order valence-electron chi connectivity index (χ1n) is 9.78. The number of nitrogens with one attached hydrogen (secondary N) is 2. The number of benzene rings is 2. The molecule has 160 valence electrons. The lowest BCUT2D eigenvalue weighted by Gasteiger charge is -2.30. The summed E-state index contributed by atoms with van der Waals surface area (Å²) in [4.78, 5) is 26.9. The summed E-state index contributed by atoms with van der Waals surface area (Å²) in [6.45, 7) is 3.59. The van der Waals surface area contributed by atoms with E-state index < -0.39 is 0 Å². The molecule has 1 heterocycles. The van der Waals surface area contributed by atoms with Crippen LogP contribution in [-0.2, 0) is 9.59 Å². The zero-order valence-electron chi connectivity index (χ0n) is 17.0. The van der Waals surface area contributed by atoms with E-state index in [2.05, 4.69) is 10.6 Å². The summed E-state index contributed by atoms with van der Waals surface area (Å²) < 4.78 is 5.25. The van der Waals surface area contributed by atoms with Crippen LogP contribution < -0.4 is 15.4 Å². The highest BCUT2D eigenvalue weighted by Gasteiger charge is 2.26. The fourth-order valence-corrected chi connectivity index (χ4v) is 3.83. The first-order valence-corrected chi connectivity index (χ1v) is 10.5. The Balaban J connectivity index is 1.45. The molecule has 1 saturated heterocycles. The van der Waals surface area contributed by atoms with Crippen molar-refractivity contribution < 1.29 is 14.3 Å². The topological polar surface area (TPSA) is 70.7 Å². The van der Waals surface area contributed by atoms with Crippen molar-refractivity contribution in [3.63, 3.8) is 0 Å². The molecule has 0 aliphatic carbocycles. The molecule has 2 amide bonds. The van der Waals surface area contributed by atoms with Crippen molar-refractivity contribution >= 4 is 46.4 Å². The Hall–Kier alpha value is -2.28. The van der Waals surface area contributed by atoms with E-state index >= 15 is 0 Å². The van der Waals surface area contributed by atoms with Gasteiger partial charge >= 0.3 is 0 Å². The predicted octanol–water partition coefficient (Wildman–Crippen LogP) is 4.60. The maximum Gasteiger partial charge on any atom is 0.238 e. The summed E-state index contributed by atoms with van der Waals surface area (Å²) in [5, 5.41) is 6.65. The molecular formula is C22H25Cl2N3O3. The van der Waals surface area contributed by atoms with E-state index in [9.17, 15) is 9.59 Å². The van der Waals surface area contributed by atoms with Crippen LogP contribution in [-0.4, -0.2) is 43.5 Å². The Kier molecular flexibility index (Phi) is 7.58. The van der Waals surface area contributed by atoms with Crippen molar-refractivity contribution in [2.45, 2.75) is 19.8 Å². The fraction of sp³-hybridized carbons (Fsp3) is 0.364. The molecule has 1 aliphatic rings. The number of methoxy groups -OCH3 is 1. The third-order valence-electron chi connectivity index (χ3n) is 5.19. The smallest absolute Gasteiger partial charge is 0.238 e. The maximum absolute atomic E-state index is 12.6. The summed E-state index contributed by atoms with van der Waals surface area (Å²) in [6.07, 6.45) is 1.42. The SMILES string of the molecule is COc1ccc(NC(=O)C2CCN(CC(=O)Nc3ccc(Cl)c(Cl)c3)CC2)cc1C. The predicted molar refractivity (Wildman–Crippen MR) is 121 cm³/mol. The van der Waals surface area contributed by atoms with Gasteiger partial charge in [-0.15, -0.1) is 0 Å². The monoisotopic (exact) mass is 449 g/mol. The van der Waals surface area contributed by atoms with Gasteiger partial charge in [0, 0.05) is 17.3 Å². The molecule has 3 rings (SSSR count). The number of hydrogen-bond donors (Lipinski definition) is 2. The molecule has 0 atom stereocenters. The lowest BCUT2D eigenvalue weighted by Crippen LogP contribution is -2.41. The Morgan fingerprint density at radius 1 is 1.03 bits per heavy atom. The van der Waals surface area contributed by atoms with Crippen molar-refractivity contribution in [1.29, 1.82) is 0 Å². The van der Waals surface area contributed by atoms with Crippen molar-refractivity contribution in [3.8, 4) is 5.75 Å². The summed E-state index contributed by atoms with van der Waals surface area (Å²) in [5.74, 6) is 0.617. The zero-order valence-corrected chi connectivity index (χ0v) is 18.5.